The van der Waals surface area contributed by atoms with Crippen molar-refractivity contribution in [1.29, 1.82) is 0 Å². The van der Waals surface area contributed by atoms with Crippen molar-refractivity contribution in [2.75, 3.05) is 12.4 Å². The minimum atomic E-state index is -4.85. The van der Waals surface area contributed by atoms with Gasteiger partial charge in [-0.1, -0.05) is 11.6 Å². The van der Waals surface area contributed by atoms with Crippen molar-refractivity contribution in [1.82, 2.24) is 8.87 Å². The molecule has 1 N–H and O–H groups in total. The zero-order valence-corrected chi connectivity index (χ0v) is 17.7. The Hall–Kier alpha value is -2.25. The first kappa shape index (κ1) is 25.0. The zero-order valence-electron chi connectivity index (χ0n) is 16.1. The number of hydrogen-bond donors (Lipinski definition) is 1. The molecule has 0 fully saturated rings. The number of alkyl halides is 5. The predicted molar refractivity (Wildman–Crippen MR) is 100 cm³/mol. The second kappa shape index (κ2) is 8.71. The molecule has 0 aliphatic heterocycles. The van der Waals surface area contributed by atoms with Gasteiger partial charge in [0, 0.05) is 26.0 Å². The van der Waals surface area contributed by atoms with Gasteiger partial charge in [-0.15, -0.1) is 0 Å². The van der Waals surface area contributed by atoms with Gasteiger partial charge in [-0.25, -0.2) is 21.6 Å². The first-order chi connectivity index (χ1) is 14.1. The smallest absolute Gasteiger partial charge is 0.344 e. The van der Waals surface area contributed by atoms with E-state index in [4.69, 9.17) is 11.6 Å². The summed E-state index contributed by atoms with van der Waals surface area (Å²) in [5.41, 5.74) is -1.66. The molecule has 0 aliphatic carbocycles. The van der Waals surface area contributed by atoms with Gasteiger partial charge in [0.05, 0.1) is 10.6 Å². The summed E-state index contributed by atoms with van der Waals surface area (Å²) >= 11 is 6.00. The Bertz CT molecular complexity index is 1100. The van der Waals surface area contributed by atoms with Crippen LogP contribution in [-0.2, 0) is 17.1 Å². The molecule has 0 unspecified atom stereocenters. The number of anilines is 1. The lowest BCUT2D eigenvalue weighted by Crippen LogP contribution is -2.44. The third kappa shape index (κ3) is 4.99. The molecule has 0 spiro atoms. The van der Waals surface area contributed by atoms with E-state index in [2.05, 4.69) is 5.32 Å². The highest BCUT2D eigenvalue weighted by atomic mass is 35.5. The molecular formula is C17H16ClF6N3O3S. The predicted octanol–water partition coefficient (Wildman–Crippen LogP) is 4.58. The van der Waals surface area contributed by atoms with E-state index < -0.39 is 61.6 Å². The number of carbonyl (C=O) groups is 1. The highest BCUT2D eigenvalue weighted by Crippen LogP contribution is 2.33. The SMILES string of the molecule is C[C@@H](N(C)S(=O)(=O)c1cn(C)c(C(=O)Nc2ccc(F)c(C(F)F)c2)c1Cl)C(F)(F)F. The fraction of sp³-hybridized carbons (Fsp3) is 0.353. The molecule has 1 amide bonds. The summed E-state index contributed by atoms with van der Waals surface area (Å²) in [6.45, 7) is 0.636. The Labute approximate surface area is 178 Å². The average Bonchev–Trinajstić information content (AvgIpc) is 2.95. The summed E-state index contributed by atoms with van der Waals surface area (Å²) in [6.07, 6.45) is -7.16. The van der Waals surface area contributed by atoms with Crippen LogP contribution in [0.2, 0.25) is 5.02 Å². The number of nitrogens with one attached hydrogen (secondary N) is 1. The van der Waals surface area contributed by atoms with Crippen LogP contribution in [0.5, 0.6) is 0 Å². The molecule has 0 radical (unpaired) electrons. The number of amides is 1. The maximum Gasteiger partial charge on any atom is 0.404 e. The molecule has 0 aliphatic rings. The second-order valence-corrected chi connectivity index (χ2v) is 8.84. The van der Waals surface area contributed by atoms with Gasteiger partial charge in [-0.2, -0.15) is 17.5 Å². The summed E-state index contributed by atoms with van der Waals surface area (Å²) in [5.74, 6) is -2.24. The number of carbonyl (C=O) groups excluding carboxylic acids is 1. The van der Waals surface area contributed by atoms with E-state index in [1.807, 2.05) is 0 Å². The van der Waals surface area contributed by atoms with E-state index in [0.717, 1.165) is 16.8 Å². The topological polar surface area (TPSA) is 71.4 Å². The van der Waals surface area contributed by atoms with Gasteiger partial charge in [0.2, 0.25) is 10.0 Å². The molecular weight excluding hydrogens is 476 g/mol. The quantitative estimate of drug-likeness (QED) is 0.601. The molecule has 1 atom stereocenters. The number of sulfonamides is 1. The lowest BCUT2D eigenvalue weighted by Gasteiger charge is -2.25. The van der Waals surface area contributed by atoms with Crippen LogP contribution >= 0.6 is 11.6 Å². The molecule has 6 nitrogen and oxygen atoms in total. The Morgan fingerprint density at radius 2 is 1.84 bits per heavy atom. The summed E-state index contributed by atoms with van der Waals surface area (Å²) < 4.78 is 104. The highest BCUT2D eigenvalue weighted by molar-refractivity contribution is 7.89. The Morgan fingerprint density at radius 3 is 2.35 bits per heavy atom. The van der Waals surface area contributed by atoms with Crippen LogP contribution in [-0.4, -0.2) is 42.5 Å². The average molecular weight is 492 g/mol. The third-order valence-corrected chi connectivity index (χ3v) is 6.90. The number of hydrogen-bond acceptors (Lipinski definition) is 3. The number of aromatic nitrogens is 1. The van der Waals surface area contributed by atoms with Crippen molar-refractivity contribution in [3.63, 3.8) is 0 Å². The molecule has 1 aromatic heterocycles. The number of halogens is 7. The molecule has 2 aromatic rings. The maximum absolute atomic E-state index is 13.4. The van der Waals surface area contributed by atoms with Crippen molar-refractivity contribution >= 4 is 33.2 Å². The Kier molecular flexibility index (Phi) is 7.03. The second-order valence-electron chi connectivity index (χ2n) is 6.50. The first-order valence-electron chi connectivity index (χ1n) is 8.37. The Morgan fingerprint density at radius 1 is 1.26 bits per heavy atom. The van der Waals surface area contributed by atoms with E-state index in [1.165, 1.54) is 7.05 Å². The molecule has 0 saturated carbocycles. The standard InChI is InChI=1S/C17H16ClF6N3O3S/c1-8(17(22,23)24)27(3)31(29,30)12-7-26(2)14(13(12)18)16(28)25-9-4-5-11(19)10(6-9)15(20)21/h4-8,15H,1-3H3,(H,25,28)/t8-/m1/s1. The van der Waals surface area contributed by atoms with Gasteiger partial charge in [-0.3, -0.25) is 4.79 Å². The summed E-state index contributed by atoms with van der Waals surface area (Å²) in [4.78, 5) is 11.8. The first-order valence-corrected chi connectivity index (χ1v) is 10.2. The van der Waals surface area contributed by atoms with Crippen LogP contribution < -0.4 is 5.32 Å². The van der Waals surface area contributed by atoms with Gasteiger partial charge >= 0.3 is 6.18 Å². The van der Waals surface area contributed by atoms with Crippen LogP contribution in [0, 0.1) is 5.82 Å². The van der Waals surface area contributed by atoms with Gasteiger partial charge in [0.1, 0.15) is 22.4 Å². The van der Waals surface area contributed by atoms with E-state index in [9.17, 15) is 39.6 Å². The van der Waals surface area contributed by atoms with Crippen molar-refractivity contribution in [3.8, 4) is 0 Å². The van der Waals surface area contributed by atoms with Gasteiger partial charge in [-0.05, 0) is 25.1 Å². The highest BCUT2D eigenvalue weighted by Gasteiger charge is 2.44. The lowest BCUT2D eigenvalue weighted by atomic mass is 10.2. The minimum Gasteiger partial charge on any atom is -0.344 e. The lowest BCUT2D eigenvalue weighted by molar-refractivity contribution is -0.164. The summed E-state index contributed by atoms with van der Waals surface area (Å²) in [5, 5.41) is 1.50. The van der Waals surface area contributed by atoms with Crippen molar-refractivity contribution in [2.45, 2.75) is 30.5 Å². The fourth-order valence-electron chi connectivity index (χ4n) is 2.56. The molecule has 0 saturated heterocycles. The minimum absolute atomic E-state index is 0.0603. The van der Waals surface area contributed by atoms with Gasteiger partial charge in [0.15, 0.2) is 0 Å². The molecule has 1 aromatic carbocycles. The van der Waals surface area contributed by atoms with E-state index >= 15 is 0 Å². The van der Waals surface area contributed by atoms with E-state index in [0.29, 0.717) is 26.1 Å². The number of nitrogens with zero attached hydrogens (tertiary/aromatic N) is 2. The Balaban J connectivity index is 2.41. The van der Waals surface area contributed by atoms with Crippen molar-refractivity contribution in [2.24, 2.45) is 7.05 Å². The van der Waals surface area contributed by atoms with Gasteiger partial charge < -0.3 is 9.88 Å². The van der Waals surface area contributed by atoms with Crippen LogP contribution in [0.15, 0.2) is 29.3 Å². The van der Waals surface area contributed by atoms with Crippen LogP contribution in [0.1, 0.15) is 29.4 Å². The van der Waals surface area contributed by atoms with Crippen LogP contribution in [0.25, 0.3) is 0 Å². The monoisotopic (exact) mass is 491 g/mol. The number of rotatable bonds is 6. The molecule has 14 heteroatoms. The van der Waals surface area contributed by atoms with E-state index in [1.54, 1.807) is 0 Å². The molecule has 172 valence electrons. The summed E-state index contributed by atoms with van der Waals surface area (Å²) in [7, 11) is -2.83. The molecule has 0 bridgehead atoms. The van der Waals surface area contributed by atoms with Gasteiger partial charge in [0.25, 0.3) is 12.3 Å². The van der Waals surface area contributed by atoms with Crippen molar-refractivity contribution in [3.05, 3.63) is 46.5 Å². The van der Waals surface area contributed by atoms with Crippen LogP contribution in [0.3, 0.4) is 0 Å². The third-order valence-electron chi connectivity index (χ3n) is 4.47. The van der Waals surface area contributed by atoms with Crippen molar-refractivity contribution < 1.29 is 39.6 Å². The number of aryl methyl sites for hydroxylation is 1. The molecule has 1 heterocycles. The van der Waals surface area contributed by atoms with Crippen LogP contribution in [0.4, 0.5) is 32.0 Å². The molecule has 2 rings (SSSR count). The normalized spacial score (nSPS) is 13.7. The largest absolute Gasteiger partial charge is 0.404 e. The number of benzene rings is 1. The zero-order chi connectivity index (χ0) is 23.9. The van der Waals surface area contributed by atoms with E-state index in [-0.39, 0.29) is 9.99 Å². The summed E-state index contributed by atoms with van der Waals surface area (Å²) in [6, 6.07) is 0.00281. The molecule has 31 heavy (non-hydrogen) atoms. The fourth-order valence-corrected chi connectivity index (χ4v) is 4.58. The maximum atomic E-state index is 13.4.